The lowest BCUT2D eigenvalue weighted by molar-refractivity contribution is -0.145. The van der Waals surface area contributed by atoms with Gasteiger partial charge in [0.1, 0.15) is 5.60 Å². The Bertz CT molecular complexity index is 742. The molecule has 1 amide bonds. The quantitative estimate of drug-likeness (QED) is 0.708. The fourth-order valence-electron chi connectivity index (χ4n) is 2.74. The van der Waals surface area contributed by atoms with E-state index in [1.807, 2.05) is 4.90 Å². The van der Waals surface area contributed by atoms with Crippen LogP contribution in [0.4, 0.5) is 16.2 Å². The first kappa shape index (κ1) is 21.3. The molecule has 1 heterocycles. The lowest BCUT2D eigenvalue weighted by Gasteiger charge is -2.35. The Hall–Kier alpha value is -2.97. The monoisotopic (exact) mass is 394 g/mol. The third kappa shape index (κ3) is 5.77. The van der Waals surface area contributed by atoms with Crippen LogP contribution in [0.1, 0.15) is 33.6 Å². The molecule has 1 aromatic carbocycles. The molecule has 0 bridgehead atoms. The minimum absolute atomic E-state index is 0.124. The van der Waals surface area contributed by atoms with E-state index < -0.39 is 23.8 Å². The van der Waals surface area contributed by atoms with Crippen LogP contribution in [0.3, 0.4) is 0 Å². The van der Waals surface area contributed by atoms with E-state index in [1.54, 1.807) is 39.0 Å². The third-order valence-corrected chi connectivity index (χ3v) is 3.93. The van der Waals surface area contributed by atoms with Crippen molar-refractivity contribution < 1.29 is 33.7 Å². The summed E-state index contributed by atoms with van der Waals surface area (Å²) < 4.78 is 15.5. The van der Waals surface area contributed by atoms with Crippen molar-refractivity contribution in [3.63, 3.8) is 0 Å². The van der Waals surface area contributed by atoms with Crippen LogP contribution in [-0.4, -0.2) is 55.0 Å². The lowest BCUT2D eigenvalue weighted by atomic mass is 10.1. The van der Waals surface area contributed by atoms with Gasteiger partial charge in [0.05, 0.1) is 25.0 Å². The van der Waals surface area contributed by atoms with Crippen LogP contribution < -0.4 is 15.0 Å². The minimum Gasteiger partial charge on any atom is -0.478 e. The van der Waals surface area contributed by atoms with Gasteiger partial charge >= 0.3 is 18.0 Å². The number of esters is 1. The second kappa shape index (κ2) is 8.81. The van der Waals surface area contributed by atoms with Gasteiger partial charge in [0.15, 0.2) is 5.75 Å². The number of methoxy groups -OCH3 is 1. The molecular formula is C19H26N2O7. The van der Waals surface area contributed by atoms with Gasteiger partial charge in [-0.1, -0.05) is 6.07 Å². The Morgan fingerprint density at radius 1 is 1.32 bits per heavy atom. The van der Waals surface area contributed by atoms with Crippen LogP contribution in [0.2, 0.25) is 0 Å². The van der Waals surface area contributed by atoms with Crippen molar-refractivity contribution in [3.8, 4) is 5.75 Å². The molecule has 1 unspecified atom stereocenters. The molecule has 2 N–H and O–H groups in total. The Morgan fingerprint density at radius 2 is 2.04 bits per heavy atom. The predicted molar refractivity (Wildman–Crippen MR) is 102 cm³/mol. The number of nitrogens with zero attached hydrogens (tertiary/aromatic N) is 1. The van der Waals surface area contributed by atoms with Gasteiger partial charge < -0.3 is 24.2 Å². The predicted octanol–water partition coefficient (Wildman–Crippen LogP) is 2.64. The first-order valence-corrected chi connectivity index (χ1v) is 8.95. The van der Waals surface area contributed by atoms with Crippen LogP contribution in [-0.2, 0) is 19.1 Å². The number of anilines is 2. The SMILES string of the molecule is COC(=O)CCCN1CC(C(=O)O)Oc2c(NC(=O)OC(C)(C)C)cccc21. The summed E-state index contributed by atoms with van der Waals surface area (Å²) >= 11 is 0. The summed E-state index contributed by atoms with van der Waals surface area (Å²) in [6.45, 7) is 5.79. The zero-order valence-corrected chi connectivity index (χ0v) is 16.5. The maximum Gasteiger partial charge on any atom is 0.412 e. The van der Waals surface area contributed by atoms with Crippen LogP contribution in [0.25, 0.3) is 0 Å². The first-order valence-electron chi connectivity index (χ1n) is 8.95. The summed E-state index contributed by atoms with van der Waals surface area (Å²) in [4.78, 5) is 36.8. The van der Waals surface area contributed by atoms with Gasteiger partial charge in [-0.2, -0.15) is 0 Å². The number of carboxylic acids is 1. The number of amides is 1. The number of hydrogen-bond acceptors (Lipinski definition) is 7. The zero-order chi connectivity index (χ0) is 20.9. The van der Waals surface area contributed by atoms with Gasteiger partial charge in [0.2, 0.25) is 6.10 Å². The number of rotatable bonds is 6. The number of benzene rings is 1. The van der Waals surface area contributed by atoms with E-state index in [9.17, 15) is 19.5 Å². The fraction of sp³-hybridized carbons (Fsp3) is 0.526. The zero-order valence-electron chi connectivity index (χ0n) is 16.5. The van der Waals surface area contributed by atoms with Gasteiger partial charge in [0.25, 0.3) is 0 Å². The molecule has 1 aromatic rings. The Kier molecular flexibility index (Phi) is 6.71. The molecule has 0 saturated heterocycles. The number of carbonyl (C=O) groups excluding carboxylic acids is 2. The number of para-hydroxylation sites is 1. The van der Waals surface area contributed by atoms with E-state index in [2.05, 4.69) is 10.1 Å². The number of hydrogen-bond donors (Lipinski definition) is 2. The molecule has 0 saturated carbocycles. The summed E-state index contributed by atoms with van der Waals surface area (Å²) in [6, 6.07) is 5.11. The molecule has 1 atom stereocenters. The second-order valence-electron chi connectivity index (χ2n) is 7.35. The fourth-order valence-corrected chi connectivity index (χ4v) is 2.74. The molecule has 0 radical (unpaired) electrons. The van der Waals surface area contributed by atoms with Crippen LogP contribution in [0, 0.1) is 0 Å². The van der Waals surface area contributed by atoms with E-state index in [1.165, 1.54) is 7.11 Å². The normalized spacial score (nSPS) is 15.9. The van der Waals surface area contributed by atoms with Crippen molar-refractivity contribution in [1.29, 1.82) is 0 Å². The molecule has 0 fully saturated rings. The smallest absolute Gasteiger partial charge is 0.412 e. The van der Waals surface area contributed by atoms with Gasteiger partial charge in [-0.3, -0.25) is 10.1 Å². The number of carbonyl (C=O) groups is 3. The average Bonchev–Trinajstić information content (AvgIpc) is 2.60. The summed E-state index contributed by atoms with van der Waals surface area (Å²) in [5, 5.41) is 12.0. The largest absolute Gasteiger partial charge is 0.478 e. The van der Waals surface area contributed by atoms with Crippen LogP contribution in [0.15, 0.2) is 18.2 Å². The van der Waals surface area contributed by atoms with Crippen molar-refractivity contribution in [3.05, 3.63) is 18.2 Å². The Morgan fingerprint density at radius 3 is 2.64 bits per heavy atom. The molecule has 0 aliphatic carbocycles. The molecular weight excluding hydrogens is 368 g/mol. The standard InChI is InChI=1S/C19H26N2O7/c1-19(2,3)28-18(25)20-12-7-5-8-13-16(12)27-14(17(23)24)11-21(13)10-6-9-15(22)26-4/h5,7-8,14H,6,9-11H2,1-4H3,(H,20,25)(H,23,24). The van der Waals surface area contributed by atoms with E-state index >= 15 is 0 Å². The number of aliphatic carboxylic acids is 1. The number of ether oxygens (including phenoxy) is 3. The molecule has 154 valence electrons. The highest BCUT2D eigenvalue weighted by atomic mass is 16.6. The Labute approximate surface area is 163 Å². The summed E-state index contributed by atoms with van der Waals surface area (Å²) in [5.41, 5.74) is 0.273. The van der Waals surface area contributed by atoms with Crippen molar-refractivity contribution in [2.45, 2.75) is 45.3 Å². The van der Waals surface area contributed by atoms with E-state index in [4.69, 9.17) is 9.47 Å². The molecule has 9 nitrogen and oxygen atoms in total. The molecule has 0 aromatic heterocycles. The summed E-state index contributed by atoms with van der Waals surface area (Å²) in [7, 11) is 1.32. The lowest BCUT2D eigenvalue weighted by Crippen LogP contribution is -2.45. The molecule has 0 spiro atoms. The van der Waals surface area contributed by atoms with Crippen molar-refractivity contribution in [1.82, 2.24) is 0 Å². The van der Waals surface area contributed by atoms with Crippen molar-refractivity contribution in [2.75, 3.05) is 30.4 Å². The number of nitrogens with one attached hydrogen (secondary N) is 1. The maximum absolute atomic E-state index is 12.1. The van der Waals surface area contributed by atoms with Gasteiger partial charge in [-0.05, 0) is 39.3 Å². The van der Waals surface area contributed by atoms with Crippen LogP contribution in [0.5, 0.6) is 5.75 Å². The molecule has 9 heteroatoms. The molecule has 2 rings (SSSR count). The Balaban J connectivity index is 2.23. The second-order valence-corrected chi connectivity index (χ2v) is 7.35. The molecule has 28 heavy (non-hydrogen) atoms. The number of fused-ring (bicyclic) bond motifs is 1. The van der Waals surface area contributed by atoms with Gasteiger partial charge in [-0.25, -0.2) is 9.59 Å². The van der Waals surface area contributed by atoms with Gasteiger partial charge in [0, 0.05) is 13.0 Å². The third-order valence-electron chi connectivity index (χ3n) is 3.93. The topological polar surface area (TPSA) is 114 Å². The number of carboxylic acid groups (broad SMARTS) is 1. The maximum atomic E-state index is 12.1. The highest BCUT2D eigenvalue weighted by Crippen LogP contribution is 2.40. The highest BCUT2D eigenvalue weighted by Gasteiger charge is 2.32. The minimum atomic E-state index is -1.12. The highest BCUT2D eigenvalue weighted by molar-refractivity contribution is 5.90. The van der Waals surface area contributed by atoms with E-state index in [-0.39, 0.29) is 24.7 Å². The molecule has 1 aliphatic heterocycles. The summed E-state index contributed by atoms with van der Waals surface area (Å²) in [5.74, 6) is -1.19. The summed E-state index contributed by atoms with van der Waals surface area (Å²) in [6.07, 6.45) is -1.06. The van der Waals surface area contributed by atoms with E-state index in [0.717, 1.165) is 0 Å². The van der Waals surface area contributed by atoms with E-state index in [0.29, 0.717) is 24.3 Å². The van der Waals surface area contributed by atoms with Crippen molar-refractivity contribution in [2.24, 2.45) is 0 Å². The van der Waals surface area contributed by atoms with Crippen LogP contribution >= 0.6 is 0 Å². The first-order chi connectivity index (χ1) is 13.1. The molecule has 1 aliphatic rings. The van der Waals surface area contributed by atoms with Crippen molar-refractivity contribution >= 4 is 29.4 Å². The average molecular weight is 394 g/mol. The van der Waals surface area contributed by atoms with Gasteiger partial charge in [-0.15, -0.1) is 0 Å².